The largest absolute Gasteiger partial charge is 0.480 e. The van der Waals surface area contributed by atoms with Crippen molar-refractivity contribution in [3.63, 3.8) is 0 Å². The molecule has 2 N–H and O–H groups in total. The molecular weight excluding hydrogens is 348 g/mol. The number of nitrogens with zero attached hydrogens (tertiary/aromatic N) is 1. The highest BCUT2D eigenvalue weighted by Crippen LogP contribution is 2.29. The Hall–Kier alpha value is -1.87. The van der Waals surface area contributed by atoms with E-state index >= 15 is 0 Å². The standard InChI is InChI=1S/C16H22N2O6S/c19-14(17-16(15(20)21)8-2-1-3-9-16)12-6-7-13(24-12)25(22,23)18-10-4-5-11-18/h6-7H,1-5,8-11H2,(H,17,19)(H,20,21). The molecule has 0 bridgehead atoms. The molecule has 8 nitrogen and oxygen atoms in total. The van der Waals surface area contributed by atoms with E-state index in [0.29, 0.717) is 25.9 Å². The van der Waals surface area contributed by atoms with Crippen LogP contribution in [-0.4, -0.2) is 48.3 Å². The Balaban J connectivity index is 1.77. The molecule has 2 aliphatic rings. The fourth-order valence-corrected chi connectivity index (χ4v) is 4.89. The lowest BCUT2D eigenvalue weighted by Gasteiger charge is -2.33. The number of carbonyl (C=O) groups excluding carboxylic acids is 1. The minimum atomic E-state index is -3.75. The Bertz CT molecular complexity index is 757. The number of amides is 1. The quantitative estimate of drug-likeness (QED) is 0.813. The van der Waals surface area contributed by atoms with Gasteiger partial charge in [0.05, 0.1) is 0 Å². The summed E-state index contributed by atoms with van der Waals surface area (Å²) in [5.41, 5.74) is -1.31. The third-order valence-electron chi connectivity index (χ3n) is 4.93. The van der Waals surface area contributed by atoms with Crippen LogP contribution in [0.3, 0.4) is 0 Å². The van der Waals surface area contributed by atoms with E-state index in [1.165, 1.54) is 16.4 Å². The number of hydrogen-bond donors (Lipinski definition) is 2. The molecule has 1 saturated heterocycles. The smallest absolute Gasteiger partial charge is 0.329 e. The van der Waals surface area contributed by atoms with E-state index in [0.717, 1.165) is 32.1 Å². The Morgan fingerprint density at radius 2 is 1.72 bits per heavy atom. The number of carboxylic acids is 1. The number of furan rings is 1. The Labute approximate surface area is 146 Å². The molecule has 0 radical (unpaired) electrons. The molecule has 25 heavy (non-hydrogen) atoms. The van der Waals surface area contributed by atoms with E-state index in [2.05, 4.69) is 5.32 Å². The molecule has 0 aromatic carbocycles. The molecule has 2 heterocycles. The first-order valence-corrected chi connectivity index (χ1v) is 9.95. The van der Waals surface area contributed by atoms with E-state index < -0.39 is 27.4 Å². The van der Waals surface area contributed by atoms with Crippen LogP contribution >= 0.6 is 0 Å². The number of carbonyl (C=O) groups is 2. The zero-order valence-electron chi connectivity index (χ0n) is 13.9. The second-order valence-corrected chi connectivity index (χ2v) is 8.50. The first kappa shape index (κ1) is 17.9. The van der Waals surface area contributed by atoms with Crippen molar-refractivity contribution in [2.24, 2.45) is 0 Å². The van der Waals surface area contributed by atoms with Gasteiger partial charge in [-0.25, -0.2) is 13.2 Å². The van der Waals surface area contributed by atoms with Crippen LogP contribution in [-0.2, 0) is 14.8 Å². The molecule has 1 aliphatic carbocycles. The van der Waals surface area contributed by atoms with Gasteiger partial charge in [0.15, 0.2) is 5.76 Å². The van der Waals surface area contributed by atoms with E-state index in [-0.39, 0.29) is 10.9 Å². The molecule has 1 aromatic heterocycles. The summed E-state index contributed by atoms with van der Waals surface area (Å²) in [6, 6.07) is 2.52. The first-order chi connectivity index (χ1) is 11.8. The van der Waals surface area contributed by atoms with Crippen LogP contribution < -0.4 is 5.32 Å². The number of hydrogen-bond acceptors (Lipinski definition) is 5. The summed E-state index contributed by atoms with van der Waals surface area (Å²) in [5, 5.41) is 11.8. The Kier molecular flexibility index (Phi) is 4.88. The monoisotopic (exact) mass is 370 g/mol. The lowest BCUT2D eigenvalue weighted by Crippen LogP contribution is -2.55. The highest BCUT2D eigenvalue weighted by molar-refractivity contribution is 7.89. The molecule has 0 spiro atoms. The van der Waals surface area contributed by atoms with E-state index in [4.69, 9.17) is 4.42 Å². The minimum Gasteiger partial charge on any atom is -0.480 e. The molecule has 1 amide bonds. The number of carboxylic acid groups (broad SMARTS) is 1. The topological polar surface area (TPSA) is 117 Å². The average Bonchev–Trinajstić information content (AvgIpc) is 3.28. The molecule has 138 valence electrons. The van der Waals surface area contributed by atoms with Crippen LogP contribution in [0.5, 0.6) is 0 Å². The van der Waals surface area contributed by atoms with Crippen LogP contribution in [0.4, 0.5) is 0 Å². The molecule has 3 rings (SSSR count). The van der Waals surface area contributed by atoms with Crippen molar-refractivity contribution in [3.05, 3.63) is 17.9 Å². The van der Waals surface area contributed by atoms with Gasteiger partial charge in [0.25, 0.3) is 15.9 Å². The van der Waals surface area contributed by atoms with Crippen molar-refractivity contribution in [2.75, 3.05) is 13.1 Å². The van der Waals surface area contributed by atoms with Gasteiger partial charge in [-0.05, 0) is 37.8 Å². The second kappa shape index (κ2) is 6.80. The number of sulfonamides is 1. The van der Waals surface area contributed by atoms with Gasteiger partial charge >= 0.3 is 5.97 Å². The number of rotatable bonds is 5. The summed E-state index contributed by atoms with van der Waals surface area (Å²) in [6.07, 6.45) is 4.69. The molecule has 9 heteroatoms. The van der Waals surface area contributed by atoms with Crippen LogP contribution in [0, 0.1) is 0 Å². The maximum absolute atomic E-state index is 12.4. The zero-order valence-corrected chi connectivity index (χ0v) is 14.7. The van der Waals surface area contributed by atoms with Gasteiger partial charge < -0.3 is 14.8 Å². The van der Waals surface area contributed by atoms with E-state index in [1.54, 1.807) is 0 Å². The van der Waals surface area contributed by atoms with Crippen molar-refractivity contribution >= 4 is 21.9 Å². The molecule has 0 atom stereocenters. The van der Waals surface area contributed by atoms with Gasteiger partial charge in [-0.1, -0.05) is 19.3 Å². The van der Waals surface area contributed by atoms with Crippen LogP contribution in [0.15, 0.2) is 21.6 Å². The normalized spacial score (nSPS) is 21.1. The predicted molar refractivity (Wildman–Crippen MR) is 87.6 cm³/mol. The van der Waals surface area contributed by atoms with Gasteiger partial charge in [0.1, 0.15) is 5.54 Å². The molecule has 0 unspecified atom stereocenters. The molecular formula is C16H22N2O6S. The summed E-state index contributed by atoms with van der Waals surface area (Å²) in [7, 11) is -3.75. The highest BCUT2D eigenvalue weighted by atomic mass is 32.2. The van der Waals surface area contributed by atoms with Crippen molar-refractivity contribution in [1.82, 2.24) is 9.62 Å². The van der Waals surface area contributed by atoms with Gasteiger partial charge in [-0.3, -0.25) is 4.79 Å². The number of nitrogens with one attached hydrogen (secondary N) is 1. The first-order valence-electron chi connectivity index (χ1n) is 8.51. The van der Waals surface area contributed by atoms with Crippen LogP contribution in [0.1, 0.15) is 55.5 Å². The van der Waals surface area contributed by atoms with Gasteiger partial charge in [0, 0.05) is 13.1 Å². The third kappa shape index (κ3) is 3.43. The lowest BCUT2D eigenvalue weighted by molar-refractivity contribution is -0.145. The van der Waals surface area contributed by atoms with Crippen molar-refractivity contribution < 1.29 is 27.5 Å². The lowest BCUT2D eigenvalue weighted by atomic mass is 9.81. The fraction of sp³-hybridized carbons (Fsp3) is 0.625. The third-order valence-corrected chi connectivity index (χ3v) is 6.71. The Morgan fingerprint density at radius 1 is 1.08 bits per heavy atom. The average molecular weight is 370 g/mol. The van der Waals surface area contributed by atoms with Crippen LogP contribution in [0.2, 0.25) is 0 Å². The molecule has 2 fully saturated rings. The van der Waals surface area contributed by atoms with E-state index in [9.17, 15) is 23.1 Å². The second-order valence-electron chi connectivity index (χ2n) is 6.63. The van der Waals surface area contributed by atoms with Gasteiger partial charge in [0.2, 0.25) is 5.09 Å². The summed E-state index contributed by atoms with van der Waals surface area (Å²) in [5.74, 6) is -1.96. The number of aliphatic carboxylic acids is 1. The van der Waals surface area contributed by atoms with Crippen LogP contribution in [0.25, 0.3) is 0 Å². The summed E-state index contributed by atoms with van der Waals surface area (Å²) in [4.78, 5) is 24.0. The summed E-state index contributed by atoms with van der Waals surface area (Å²) in [6.45, 7) is 0.874. The van der Waals surface area contributed by atoms with Gasteiger partial charge in [-0.2, -0.15) is 4.31 Å². The molecule has 1 aromatic rings. The molecule has 1 aliphatic heterocycles. The minimum absolute atomic E-state index is 0.191. The maximum Gasteiger partial charge on any atom is 0.329 e. The van der Waals surface area contributed by atoms with Crippen molar-refractivity contribution in [3.8, 4) is 0 Å². The highest BCUT2D eigenvalue weighted by Gasteiger charge is 2.42. The van der Waals surface area contributed by atoms with Crippen molar-refractivity contribution in [2.45, 2.75) is 55.6 Å². The van der Waals surface area contributed by atoms with Crippen molar-refractivity contribution in [1.29, 1.82) is 0 Å². The molecule has 1 saturated carbocycles. The van der Waals surface area contributed by atoms with E-state index in [1.807, 2.05) is 0 Å². The summed E-state index contributed by atoms with van der Waals surface area (Å²) < 4.78 is 31.5. The fourth-order valence-electron chi connectivity index (χ4n) is 3.46. The SMILES string of the molecule is O=C(NC1(C(=O)O)CCCCC1)c1ccc(S(=O)(=O)N2CCCC2)o1. The zero-order chi connectivity index (χ0) is 18.1. The predicted octanol–water partition coefficient (Wildman–Crippen LogP) is 1.58. The maximum atomic E-state index is 12.4. The van der Waals surface area contributed by atoms with Gasteiger partial charge in [-0.15, -0.1) is 0 Å². The summed E-state index contributed by atoms with van der Waals surface area (Å²) >= 11 is 0. The Morgan fingerprint density at radius 3 is 2.32 bits per heavy atom.